The summed E-state index contributed by atoms with van der Waals surface area (Å²) in [7, 11) is 1.44. The van der Waals surface area contributed by atoms with Crippen molar-refractivity contribution in [3.05, 3.63) is 70.1 Å². The van der Waals surface area contributed by atoms with Gasteiger partial charge in [0.15, 0.2) is 0 Å². The molecule has 122 valence electrons. The van der Waals surface area contributed by atoms with Gasteiger partial charge in [0.2, 0.25) is 0 Å². The lowest BCUT2D eigenvalue weighted by atomic mass is 10.1. The molecular formula is C18H14O6. The Morgan fingerprint density at radius 2 is 1.83 bits per heavy atom. The lowest BCUT2D eigenvalue weighted by molar-refractivity contribution is 0.0463. The molecule has 0 radical (unpaired) electrons. The summed E-state index contributed by atoms with van der Waals surface area (Å²) in [6.45, 7) is -0.407. The van der Waals surface area contributed by atoms with Crippen LogP contribution in [0.3, 0.4) is 0 Å². The number of carbonyl (C=O) groups is 1. The molecule has 0 aliphatic rings. The van der Waals surface area contributed by atoms with E-state index >= 15 is 0 Å². The molecule has 0 amide bonds. The molecule has 0 saturated carbocycles. The maximum atomic E-state index is 12.2. The molecule has 0 bridgehead atoms. The molecule has 1 heterocycles. The summed E-state index contributed by atoms with van der Waals surface area (Å²) in [4.78, 5) is 24.2. The van der Waals surface area contributed by atoms with Crippen LogP contribution in [0.1, 0.15) is 15.9 Å². The van der Waals surface area contributed by atoms with Gasteiger partial charge >= 0.3 is 11.6 Å². The van der Waals surface area contributed by atoms with Crippen molar-refractivity contribution in [2.45, 2.75) is 6.61 Å². The number of para-hydroxylation sites is 2. The van der Waals surface area contributed by atoms with Gasteiger partial charge in [0.25, 0.3) is 0 Å². The zero-order valence-corrected chi connectivity index (χ0v) is 12.8. The Bertz CT molecular complexity index is 957. The quantitative estimate of drug-likeness (QED) is 0.586. The van der Waals surface area contributed by atoms with Gasteiger partial charge in [-0.2, -0.15) is 0 Å². The van der Waals surface area contributed by atoms with Crippen LogP contribution in [0.4, 0.5) is 0 Å². The highest BCUT2D eigenvalue weighted by Gasteiger charge is 2.18. The molecule has 0 atom stereocenters. The highest BCUT2D eigenvalue weighted by Crippen LogP contribution is 2.27. The van der Waals surface area contributed by atoms with Gasteiger partial charge in [0.05, 0.1) is 12.5 Å². The van der Waals surface area contributed by atoms with E-state index in [9.17, 15) is 14.7 Å². The van der Waals surface area contributed by atoms with Crippen LogP contribution in [0.15, 0.2) is 57.7 Å². The van der Waals surface area contributed by atoms with Crippen LogP contribution in [0.5, 0.6) is 11.5 Å². The molecule has 2 aromatic carbocycles. The number of benzene rings is 2. The van der Waals surface area contributed by atoms with E-state index in [2.05, 4.69) is 0 Å². The van der Waals surface area contributed by atoms with E-state index in [0.29, 0.717) is 11.1 Å². The molecule has 6 heteroatoms. The number of carbonyl (C=O) groups excluding carboxylic acids is 1. The number of hydrogen-bond acceptors (Lipinski definition) is 6. The first-order valence-corrected chi connectivity index (χ1v) is 7.15. The number of esters is 1. The van der Waals surface area contributed by atoms with E-state index in [-0.39, 0.29) is 22.5 Å². The third kappa shape index (κ3) is 2.81. The maximum Gasteiger partial charge on any atom is 0.346 e. The zero-order valence-electron chi connectivity index (χ0n) is 12.8. The van der Waals surface area contributed by atoms with Crippen LogP contribution < -0.4 is 10.4 Å². The number of rotatable bonds is 4. The van der Waals surface area contributed by atoms with Crippen LogP contribution in [-0.2, 0) is 11.3 Å². The molecule has 6 nitrogen and oxygen atoms in total. The van der Waals surface area contributed by atoms with Crippen molar-refractivity contribution in [3.8, 4) is 11.5 Å². The lowest BCUT2D eigenvalue weighted by Crippen LogP contribution is -2.13. The second-order valence-electron chi connectivity index (χ2n) is 4.99. The maximum absolute atomic E-state index is 12.2. The Kier molecular flexibility index (Phi) is 4.20. The zero-order chi connectivity index (χ0) is 17.1. The van der Waals surface area contributed by atoms with E-state index < -0.39 is 18.2 Å². The number of methoxy groups -OCH3 is 1. The molecule has 0 saturated heterocycles. The van der Waals surface area contributed by atoms with Crippen molar-refractivity contribution in [2.24, 2.45) is 0 Å². The summed E-state index contributed by atoms with van der Waals surface area (Å²) in [5, 5.41) is 10.6. The molecular weight excluding hydrogens is 312 g/mol. The highest BCUT2D eigenvalue weighted by atomic mass is 16.5. The Labute approximate surface area is 136 Å². The van der Waals surface area contributed by atoms with Gasteiger partial charge < -0.3 is 19.0 Å². The predicted molar refractivity (Wildman–Crippen MR) is 86.3 cm³/mol. The largest absolute Gasteiger partial charge is 0.506 e. The van der Waals surface area contributed by atoms with Crippen molar-refractivity contribution in [3.63, 3.8) is 0 Å². The minimum Gasteiger partial charge on any atom is -0.506 e. The lowest BCUT2D eigenvalue weighted by Gasteiger charge is -2.09. The van der Waals surface area contributed by atoms with Gasteiger partial charge in [-0.3, -0.25) is 0 Å². The number of ether oxygens (including phenoxy) is 2. The summed E-state index contributed by atoms with van der Waals surface area (Å²) in [6, 6.07) is 13.1. The average molecular weight is 326 g/mol. The molecule has 3 aromatic rings. The van der Waals surface area contributed by atoms with E-state index in [1.807, 2.05) is 0 Å². The molecule has 1 aromatic heterocycles. The van der Waals surface area contributed by atoms with Gasteiger partial charge in [-0.05, 0) is 24.3 Å². The second kappa shape index (κ2) is 6.45. The SMILES string of the molecule is COc1ccccc1C(=O)OCc1c(O)c2ccccc2oc1=O. The standard InChI is InChI=1S/C18H14O6/c1-22-14-8-4-3-7-12(14)17(20)23-10-13-16(19)11-6-2-5-9-15(11)24-18(13)21/h2-9,19H,10H2,1H3. The Balaban J connectivity index is 1.88. The fourth-order valence-electron chi connectivity index (χ4n) is 2.33. The average Bonchev–Trinajstić information content (AvgIpc) is 2.61. The number of fused-ring (bicyclic) bond motifs is 1. The first kappa shape index (κ1) is 15.6. The third-order valence-corrected chi connectivity index (χ3v) is 3.55. The molecule has 0 unspecified atom stereocenters. The summed E-state index contributed by atoms with van der Waals surface area (Å²) in [5.41, 5.74) is -0.375. The van der Waals surface area contributed by atoms with Crippen molar-refractivity contribution in [2.75, 3.05) is 7.11 Å². The van der Waals surface area contributed by atoms with Crippen LogP contribution in [0.2, 0.25) is 0 Å². The van der Waals surface area contributed by atoms with E-state index in [1.165, 1.54) is 7.11 Å². The van der Waals surface area contributed by atoms with Gasteiger partial charge in [0, 0.05) is 0 Å². The Morgan fingerprint density at radius 1 is 1.12 bits per heavy atom. The van der Waals surface area contributed by atoms with E-state index in [1.54, 1.807) is 48.5 Å². The first-order chi connectivity index (χ1) is 11.6. The molecule has 0 aliphatic heterocycles. The number of hydrogen-bond donors (Lipinski definition) is 1. The monoisotopic (exact) mass is 326 g/mol. The van der Waals surface area contributed by atoms with Crippen LogP contribution in [-0.4, -0.2) is 18.2 Å². The fraction of sp³-hybridized carbons (Fsp3) is 0.111. The van der Waals surface area contributed by atoms with Crippen LogP contribution in [0.25, 0.3) is 11.0 Å². The minimum atomic E-state index is -0.751. The second-order valence-corrected chi connectivity index (χ2v) is 4.99. The molecule has 0 aliphatic carbocycles. The molecule has 0 spiro atoms. The minimum absolute atomic E-state index is 0.114. The summed E-state index contributed by atoms with van der Waals surface area (Å²) in [5.74, 6) is -0.564. The van der Waals surface area contributed by atoms with Gasteiger partial charge in [-0.1, -0.05) is 24.3 Å². The summed E-state index contributed by atoms with van der Waals surface area (Å²) < 4.78 is 15.3. The fourth-order valence-corrected chi connectivity index (χ4v) is 2.33. The van der Waals surface area contributed by atoms with Crippen molar-refractivity contribution in [1.82, 2.24) is 0 Å². The molecule has 0 fully saturated rings. The number of aromatic hydroxyl groups is 1. The molecule has 3 rings (SSSR count). The highest BCUT2D eigenvalue weighted by molar-refractivity contribution is 5.92. The third-order valence-electron chi connectivity index (χ3n) is 3.55. The normalized spacial score (nSPS) is 10.5. The Hall–Kier alpha value is -3.28. The summed E-state index contributed by atoms with van der Waals surface area (Å²) in [6.07, 6.45) is 0. The molecule has 24 heavy (non-hydrogen) atoms. The molecule has 1 N–H and O–H groups in total. The Morgan fingerprint density at radius 3 is 2.62 bits per heavy atom. The van der Waals surface area contributed by atoms with E-state index in [0.717, 1.165) is 0 Å². The van der Waals surface area contributed by atoms with Crippen LogP contribution in [0, 0.1) is 0 Å². The summed E-state index contributed by atoms with van der Waals surface area (Å²) >= 11 is 0. The van der Waals surface area contributed by atoms with Gasteiger partial charge in [0.1, 0.15) is 34.8 Å². The predicted octanol–water partition coefficient (Wildman–Crippen LogP) is 2.86. The van der Waals surface area contributed by atoms with E-state index in [4.69, 9.17) is 13.9 Å². The van der Waals surface area contributed by atoms with Crippen molar-refractivity contribution < 1.29 is 23.8 Å². The van der Waals surface area contributed by atoms with Crippen molar-refractivity contribution >= 4 is 16.9 Å². The smallest absolute Gasteiger partial charge is 0.346 e. The van der Waals surface area contributed by atoms with Crippen LogP contribution >= 0.6 is 0 Å². The first-order valence-electron chi connectivity index (χ1n) is 7.15. The topological polar surface area (TPSA) is 86.0 Å². The van der Waals surface area contributed by atoms with Gasteiger partial charge in [-0.15, -0.1) is 0 Å². The van der Waals surface area contributed by atoms with Gasteiger partial charge in [-0.25, -0.2) is 9.59 Å². The van der Waals surface area contributed by atoms with Crippen molar-refractivity contribution in [1.29, 1.82) is 0 Å².